The third-order valence-electron chi connectivity index (χ3n) is 2.27. The van der Waals surface area contributed by atoms with E-state index < -0.39 is 17.8 Å². The predicted molar refractivity (Wildman–Crippen MR) is 65.8 cm³/mol. The lowest BCUT2D eigenvalue weighted by Gasteiger charge is -2.19. The van der Waals surface area contributed by atoms with E-state index in [-0.39, 0.29) is 22.4 Å². The van der Waals surface area contributed by atoms with E-state index in [1.54, 1.807) is 0 Å². The number of amides is 1. The molecule has 1 N–H and O–H groups in total. The van der Waals surface area contributed by atoms with E-state index in [1.165, 1.54) is 24.9 Å². The van der Waals surface area contributed by atoms with E-state index in [1.807, 2.05) is 0 Å². The predicted octanol–water partition coefficient (Wildman–Crippen LogP) is 1.58. The van der Waals surface area contributed by atoms with Gasteiger partial charge in [-0.3, -0.25) is 9.59 Å². The van der Waals surface area contributed by atoms with Gasteiger partial charge in [0.2, 0.25) is 0 Å². The van der Waals surface area contributed by atoms with E-state index in [0.717, 1.165) is 0 Å². The monoisotopic (exact) mass is 291 g/mol. The molecule has 6 nitrogen and oxygen atoms in total. The van der Waals surface area contributed by atoms with Gasteiger partial charge in [-0.1, -0.05) is 30.1 Å². The second-order valence-electron chi connectivity index (χ2n) is 3.80. The zero-order chi connectivity index (χ0) is 13.9. The van der Waals surface area contributed by atoms with E-state index >= 15 is 0 Å². The Labute approximate surface area is 114 Å². The van der Waals surface area contributed by atoms with Gasteiger partial charge in [0.05, 0.1) is 11.5 Å². The van der Waals surface area contributed by atoms with Crippen LogP contribution in [0.15, 0.2) is 6.07 Å². The van der Waals surface area contributed by atoms with E-state index in [9.17, 15) is 9.59 Å². The van der Waals surface area contributed by atoms with Crippen LogP contribution in [-0.4, -0.2) is 45.7 Å². The number of carboxylic acid groups (broad SMARTS) is 1. The van der Waals surface area contributed by atoms with Gasteiger partial charge in [-0.25, -0.2) is 0 Å². The number of carbonyl (C=O) groups is 2. The highest BCUT2D eigenvalue weighted by Crippen LogP contribution is 2.17. The molecular formula is C10H11Cl2N3O3. The summed E-state index contributed by atoms with van der Waals surface area (Å²) < 4.78 is 0. The number of halogens is 2. The molecule has 1 rings (SSSR count). The smallest absolute Gasteiger partial charge is 0.308 e. The van der Waals surface area contributed by atoms with Crippen molar-refractivity contribution in [2.45, 2.75) is 6.92 Å². The number of aromatic nitrogens is 2. The van der Waals surface area contributed by atoms with Crippen LogP contribution in [0, 0.1) is 5.92 Å². The van der Waals surface area contributed by atoms with Gasteiger partial charge < -0.3 is 10.0 Å². The van der Waals surface area contributed by atoms with Gasteiger partial charge in [-0.2, -0.15) is 0 Å². The first-order valence-electron chi connectivity index (χ1n) is 5.00. The van der Waals surface area contributed by atoms with Gasteiger partial charge in [0.15, 0.2) is 10.3 Å². The minimum Gasteiger partial charge on any atom is -0.481 e. The molecule has 0 aliphatic rings. The summed E-state index contributed by atoms with van der Waals surface area (Å²) in [6.45, 7) is 1.57. The van der Waals surface area contributed by atoms with Gasteiger partial charge >= 0.3 is 5.97 Å². The highest BCUT2D eigenvalue weighted by molar-refractivity contribution is 6.34. The number of nitrogens with zero attached hydrogens (tertiary/aromatic N) is 3. The first-order chi connectivity index (χ1) is 8.32. The first kappa shape index (κ1) is 14.7. The SMILES string of the molecule is CC(CN(C)C(=O)c1cc(Cl)nnc1Cl)C(=O)O. The van der Waals surface area contributed by atoms with Crippen LogP contribution in [0.5, 0.6) is 0 Å². The maximum absolute atomic E-state index is 12.0. The van der Waals surface area contributed by atoms with Gasteiger partial charge in [0.25, 0.3) is 5.91 Å². The molecule has 8 heteroatoms. The Hall–Kier alpha value is -1.40. The minimum atomic E-state index is -0.980. The van der Waals surface area contributed by atoms with E-state index in [2.05, 4.69) is 10.2 Å². The van der Waals surface area contributed by atoms with Crippen LogP contribution in [0.3, 0.4) is 0 Å². The lowest BCUT2D eigenvalue weighted by atomic mass is 10.1. The summed E-state index contributed by atoms with van der Waals surface area (Å²) in [5.74, 6) is -2.11. The standard InChI is InChI=1S/C10H11Cl2N3O3/c1-5(10(17)18)4-15(2)9(16)6-3-7(11)13-14-8(6)12/h3,5H,4H2,1-2H3,(H,17,18). The Bertz CT molecular complexity index is 481. The van der Waals surface area contributed by atoms with Crippen LogP contribution in [0.1, 0.15) is 17.3 Å². The zero-order valence-corrected chi connectivity index (χ0v) is 11.2. The van der Waals surface area contributed by atoms with Crippen LogP contribution >= 0.6 is 23.2 Å². The topological polar surface area (TPSA) is 83.4 Å². The second-order valence-corrected chi connectivity index (χ2v) is 4.54. The molecular weight excluding hydrogens is 281 g/mol. The Morgan fingerprint density at radius 2 is 2.06 bits per heavy atom. The Morgan fingerprint density at radius 3 is 2.61 bits per heavy atom. The summed E-state index contributed by atoms with van der Waals surface area (Å²) in [6.07, 6.45) is 0. The molecule has 18 heavy (non-hydrogen) atoms. The van der Waals surface area contributed by atoms with Gasteiger partial charge in [-0.05, 0) is 6.07 Å². The van der Waals surface area contributed by atoms with Crippen molar-refractivity contribution in [1.29, 1.82) is 0 Å². The molecule has 0 bridgehead atoms. The molecule has 0 radical (unpaired) electrons. The number of aliphatic carboxylic acids is 1. The molecule has 1 aromatic heterocycles. The van der Waals surface area contributed by atoms with E-state index in [0.29, 0.717) is 0 Å². The maximum atomic E-state index is 12.0. The fraction of sp³-hybridized carbons (Fsp3) is 0.400. The molecule has 0 saturated carbocycles. The van der Waals surface area contributed by atoms with Crippen molar-refractivity contribution in [2.75, 3.05) is 13.6 Å². The van der Waals surface area contributed by atoms with Crippen molar-refractivity contribution < 1.29 is 14.7 Å². The van der Waals surface area contributed by atoms with Crippen LogP contribution in [0.4, 0.5) is 0 Å². The average molecular weight is 292 g/mol. The van der Waals surface area contributed by atoms with Crippen molar-refractivity contribution >= 4 is 35.1 Å². The zero-order valence-electron chi connectivity index (χ0n) is 9.72. The van der Waals surface area contributed by atoms with Crippen LogP contribution in [-0.2, 0) is 4.79 Å². The molecule has 1 heterocycles. The largest absolute Gasteiger partial charge is 0.481 e. The number of rotatable bonds is 4. The molecule has 1 unspecified atom stereocenters. The Kier molecular flexibility index (Phi) is 4.86. The first-order valence-corrected chi connectivity index (χ1v) is 5.75. The van der Waals surface area contributed by atoms with Crippen LogP contribution < -0.4 is 0 Å². The number of hydrogen-bond donors (Lipinski definition) is 1. The number of carbonyl (C=O) groups excluding carboxylic acids is 1. The fourth-order valence-electron chi connectivity index (χ4n) is 1.28. The molecule has 0 aliphatic carbocycles. The minimum absolute atomic E-state index is 0.0439. The van der Waals surface area contributed by atoms with Crippen molar-refractivity contribution in [2.24, 2.45) is 5.92 Å². The molecule has 1 amide bonds. The summed E-state index contributed by atoms with van der Waals surface area (Å²) in [5, 5.41) is 15.8. The van der Waals surface area contributed by atoms with Gasteiger partial charge in [0, 0.05) is 13.6 Å². The van der Waals surface area contributed by atoms with E-state index in [4.69, 9.17) is 28.3 Å². The highest BCUT2D eigenvalue weighted by atomic mass is 35.5. The molecule has 1 atom stereocenters. The van der Waals surface area contributed by atoms with Gasteiger partial charge in [-0.15, -0.1) is 10.2 Å². The molecule has 0 aliphatic heterocycles. The number of carboxylic acids is 1. The summed E-state index contributed by atoms with van der Waals surface area (Å²) in [5.41, 5.74) is 0.0942. The van der Waals surface area contributed by atoms with Crippen LogP contribution in [0.25, 0.3) is 0 Å². The van der Waals surface area contributed by atoms with Crippen molar-refractivity contribution in [3.63, 3.8) is 0 Å². The summed E-state index contributed by atoms with van der Waals surface area (Å²) >= 11 is 11.4. The Balaban J connectivity index is 2.86. The summed E-state index contributed by atoms with van der Waals surface area (Å²) in [7, 11) is 1.48. The molecule has 0 aromatic carbocycles. The van der Waals surface area contributed by atoms with Crippen LogP contribution in [0.2, 0.25) is 10.3 Å². The molecule has 98 valence electrons. The second kappa shape index (κ2) is 5.97. The third-order valence-corrected chi connectivity index (χ3v) is 2.73. The molecule has 0 fully saturated rings. The lowest BCUT2D eigenvalue weighted by Crippen LogP contribution is -2.34. The number of hydrogen-bond acceptors (Lipinski definition) is 4. The molecule has 0 spiro atoms. The maximum Gasteiger partial charge on any atom is 0.308 e. The molecule has 0 saturated heterocycles. The summed E-state index contributed by atoms with van der Waals surface area (Å²) in [6, 6.07) is 1.29. The van der Waals surface area contributed by atoms with Crippen molar-refractivity contribution in [1.82, 2.24) is 15.1 Å². The fourth-order valence-corrected chi connectivity index (χ4v) is 1.60. The lowest BCUT2D eigenvalue weighted by molar-refractivity contribution is -0.141. The van der Waals surface area contributed by atoms with Gasteiger partial charge in [0.1, 0.15) is 0 Å². The normalized spacial score (nSPS) is 12.0. The quantitative estimate of drug-likeness (QED) is 0.910. The third kappa shape index (κ3) is 3.54. The van der Waals surface area contributed by atoms with Crippen molar-refractivity contribution in [3.8, 4) is 0 Å². The Morgan fingerprint density at radius 1 is 1.44 bits per heavy atom. The molecule has 1 aromatic rings. The van der Waals surface area contributed by atoms with Crippen molar-refractivity contribution in [3.05, 3.63) is 21.9 Å². The highest BCUT2D eigenvalue weighted by Gasteiger charge is 2.21. The summed E-state index contributed by atoms with van der Waals surface area (Å²) in [4.78, 5) is 24.0. The average Bonchev–Trinajstić information content (AvgIpc) is 2.31.